The van der Waals surface area contributed by atoms with Gasteiger partial charge in [0, 0.05) is 19.0 Å². The first-order valence-corrected chi connectivity index (χ1v) is 4.93. The van der Waals surface area contributed by atoms with Crippen LogP contribution in [0.1, 0.15) is 33.1 Å². The molecule has 0 aromatic rings. The Labute approximate surface area is 76.1 Å². The SMILES string of the molecule is C#CCCN1CCCC1C(C)C. The quantitative estimate of drug-likeness (QED) is 0.579. The minimum atomic E-state index is 0.783. The Bertz CT molecular complexity index is 166. The van der Waals surface area contributed by atoms with E-state index in [2.05, 4.69) is 24.7 Å². The van der Waals surface area contributed by atoms with Gasteiger partial charge in [-0.25, -0.2) is 0 Å². The third-order valence-electron chi connectivity index (χ3n) is 2.73. The standard InChI is InChI=1S/C11H19N/c1-4-5-8-12-9-6-7-11(12)10(2)3/h1,10-11H,5-9H2,2-3H3. The van der Waals surface area contributed by atoms with Crippen LogP contribution in [0.2, 0.25) is 0 Å². The van der Waals surface area contributed by atoms with Crippen molar-refractivity contribution < 1.29 is 0 Å². The Morgan fingerprint density at radius 1 is 1.58 bits per heavy atom. The summed E-state index contributed by atoms with van der Waals surface area (Å²) in [4.78, 5) is 2.55. The van der Waals surface area contributed by atoms with Crippen LogP contribution in [0, 0.1) is 18.3 Å². The lowest BCUT2D eigenvalue weighted by atomic mass is 10.0. The van der Waals surface area contributed by atoms with Gasteiger partial charge in [0.15, 0.2) is 0 Å². The van der Waals surface area contributed by atoms with Crippen LogP contribution in [0.15, 0.2) is 0 Å². The minimum Gasteiger partial charge on any atom is -0.299 e. The first-order chi connectivity index (χ1) is 5.75. The monoisotopic (exact) mass is 165 g/mol. The summed E-state index contributed by atoms with van der Waals surface area (Å²) in [7, 11) is 0. The number of likely N-dealkylation sites (tertiary alicyclic amines) is 1. The Balaban J connectivity index is 2.37. The Morgan fingerprint density at radius 3 is 2.92 bits per heavy atom. The second kappa shape index (κ2) is 4.52. The van der Waals surface area contributed by atoms with Crippen molar-refractivity contribution in [1.29, 1.82) is 0 Å². The molecule has 1 rings (SSSR count). The second-order valence-corrected chi connectivity index (χ2v) is 3.94. The molecule has 0 aliphatic carbocycles. The summed E-state index contributed by atoms with van der Waals surface area (Å²) in [6.07, 6.45) is 8.88. The van der Waals surface area contributed by atoms with Gasteiger partial charge in [0.2, 0.25) is 0 Å². The number of hydrogen-bond acceptors (Lipinski definition) is 1. The summed E-state index contributed by atoms with van der Waals surface area (Å²) in [5.74, 6) is 3.50. The molecule has 68 valence electrons. The predicted octanol–water partition coefficient (Wildman–Crippen LogP) is 2.13. The smallest absolute Gasteiger partial charge is 0.0214 e. The summed E-state index contributed by atoms with van der Waals surface area (Å²) >= 11 is 0. The lowest BCUT2D eigenvalue weighted by Gasteiger charge is -2.26. The first-order valence-electron chi connectivity index (χ1n) is 4.93. The van der Waals surface area contributed by atoms with Gasteiger partial charge in [0.1, 0.15) is 0 Å². The largest absolute Gasteiger partial charge is 0.299 e. The highest BCUT2D eigenvalue weighted by Crippen LogP contribution is 2.23. The first kappa shape index (κ1) is 9.61. The van der Waals surface area contributed by atoms with E-state index in [1.54, 1.807) is 0 Å². The van der Waals surface area contributed by atoms with E-state index in [1.807, 2.05) is 0 Å². The molecule has 1 saturated heterocycles. The molecule has 12 heavy (non-hydrogen) atoms. The summed E-state index contributed by atoms with van der Waals surface area (Å²) in [5.41, 5.74) is 0. The normalized spacial score (nSPS) is 24.7. The van der Waals surface area contributed by atoms with E-state index in [0.29, 0.717) is 0 Å². The van der Waals surface area contributed by atoms with Gasteiger partial charge in [0.05, 0.1) is 0 Å². The molecular weight excluding hydrogens is 146 g/mol. The fourth-order valence-electron chi connectivity index (χ4n) is 2.09. The summed E-state index contributed by atoms with van der Waals surface area (Å²) in [6.45, 7) is 6.96. The molecule has 1 fully saturated rings. The van der Waals surface area contributed by atoms with Crippen molar-refractivity contribution in [1.82, 2.24) is 4.90 Å². The molecule has 0 aromatic heterocycles. The van der Waals surface area contributed by atoms with Gasteiger partial charge in [-0.2, -0.15) is 0 Å². The molecule has 0 bridgehead atoms. The second-order valence-electron chi connectivity index (χ2n) is 3.94. The Morgan fingerprint density at radius 2 is 2.33 bits per heavy atom. The van der Waals surface area contributed by atoms with Gasteiger partial charge in [-0.3, -0.25) is 4.90 Å². The van der Waals surface area contributed by atoms with Gasteiger partial charge in [-0.1, -0.05) is 13.8 Å². The number of hydrogen-bond donors (Lipinski definition) is 0. The van der Waals surface area contributed by atoms with Crippen LogP contribution in [-0.4, -0.2) is 24.0 Å². The summed E-state index contributed by atoms with van der Waals surface area (Å²) in [5, 5.41) is 0. The number of rotatable bonds is 3. The molecule has 1 atom stereocenters. The maximum absolute atomic E-state index is 5.25. The van der Waals surface area contributed by atoms with Crippen molar-refractivity contribution in [3.05, 3.63) is 0 Å². The number of nitrogens with zero attached hydrogens (tertiary/aromatic N) is 1. The molecule has 1 nitrogen and oxygen atoms in total. The molecule has 1 unspecified atom stereocenters. The molecule has 0 amide bonds. The van der Waals surface area contributed by atoms with Crippen molar-refractivity contribution in [3.8, 4) is 12.3 Å². The molecule has 1 aliphatic rings. The van der Waals surface area contributed by atoms with Gasteiger partial charge in [0.25, 0.3) is 0 Å². The van der Waals surface area contributed by atoms with Crippen LogP contribution in [0.25, 0.3) is 0 Å². The van der Waals surface area contributed by atoms with Crippen molar-refractivity contribution >= 4 is 0 Å². The molecule has 1 heterocycles. The zero-order chi connectivity index (χ0) is 8.97. The third kappa shape index (κ3) is 2.25. The molecule has 1 aliphatic heterocycles. The van der Waals surface area contributed by atoms with E-state index in [0.717, 1.165) is 24.9 Å². The molecule has 0 N–H and O–H groups in total. The van der Waals surface area contributed by atoms with E-state index in [1.165, 1.54) is 19.4 Å². The van der Waals surface area contributed by atoms with Crippen LogP contribution >= 0.6 is 0 Å². The molecular formula is C11H19N. The van der Waals surface area contributed by atoms with E-state index >= 15 is 0 Å². The molecule has 0 aromatic carbocycles. The maximum Gasteiger partial charge on any atom is 0.0214 e. The van der Waals surface area contributed by atoms with E-state index in [9.17, 15) is 0 Å². The van der Waals surface area contributed by atoms with E-state index in [4.69, 9.17) is 6.42 Å². The van der Waals surface area contributed by atoms with Gasteiger partial charge in [-0.05, 0) is 25.3 Å². The van der Waals surface area contributed by atoms with Gasteiger partial charge in [-0.15, -0.1) is 12.3 Å². The number of terminal acetylenes is 1. The summed E-state index contributed by atoms with van der Waals surface area (Å²) < 4.78 is 0. The molecule has 1 heteroatoms. The topological polar surface area (TPSA) is 3.24 Å². The average Bonchev–Trinajstić information content (AvgIpc) is 2.48. The van der Waals surface area contributed by atoms with Crippen molar-refractivity contribution in [2.24, 2.45) is 5.92 Å². The van der Waals surface area contributed by atoms with Crippen molar-refractivity contribution in [2.45, 2.75) is 39.2 Å². The van der Waals surface area contributed by atoms with Gasteiger partial charge < -0.3 is 0 Å². The molecule has 0 saturated carbocycles. The summed E-state index contributed by atoms with van der Waals surface area (Å²) in [6, 6.07) is 0.790. The zero-order valence-corrected chi connectivity index (χ0v) is 8.21. The maximum atomic E-state index is 5.25. The highest BCUT2D eigenvalue weighted by molar-refractivity contribution is 4.88. The van der Waals surface area contributed by atoms with E-state index < -0.39 is 0 Å². The predicted molar refractivity (Wildman–Crippen MR) is 52.9 cm³/mol. The third-order valence-corrected chi connectivity index (χ3v) is 2.73. The Kier molecular flexibility index (Phi) is 3.62. The fourth-order valence-corrected chi connectivity index (χ4v) is 2.09. The van der Waals surface area contributed by atoms with Crippen LogP contribution in [-0.2, 0) is 0 Å². The van der Waals surface area contributed by atoms with Crippen LogP contribution < -0.4 is 0 Å². The zero-order valence-electron chi connectivity index (χ0n) is 8.21. The van der Waals surface area contributed by atoms with Crippen molar-refractivity contribution in [3.63, 3.8) is 0 Å². The highest BCUT2D eigenvalue weighted by Gasteiger charge is 2.25. The lowest BCUT2D eigenvalue weighted by Crippen LogP contribution is -2.33. The molecule has 0 spiro atoms. The average molecular weight is 165 g/mol. The highest BCUT2D eigenvalue weighted by atomic mass is 15.2. The van der Waals surface area contributed by atoms with Gasteiger partial charge >= 0.3 is 0 Å². The van der Waals surface area contributed by atoms with Crippen LogP contribution in [0.3, 0.4) is 0 Å². The van der Waals surface area contributed by atoms with Crippen molar-refractivity contribution in [2.75, 3.05) is 13.1 Å². The van der Waals surface area contributed by atoms with Crippen LogP contribution in [0.4, 0.5) is 0 Å². The molecule has 0 radical (unpaired) electrons. The fraction of sp³-hybridized carbons (Fsp3) is 0.818. The van der Waals surface area contributed by atoms with Crippen LogP contribution in [0.5, 0.6) is 0 Å². The lowest BCUT2D eigenvalue weighted by molar-refractivity contribution is 0.211. The van der Waals surface area contributed by atoms with E-state index in [-0.39, 0.29) is 0 Å². The Hall–Kier alpha value is -0.480. The minimum absolute atomic E-state index is 0.783.